The van der Waals surface area contributed by atoms with Gasteiger partial charge in [-0.3, -0.25) is 9.59 Å². The Morgan fingerprint density at radius 3 is 2.56 bits per heavy atom. The molecule has 0 atom stereocenters. The van der Waals surface area contributed by atoms with Crippen molar-refractivity contribution in [3.05, 3.63) is 68.9 Å². The van der Waals surface area contributed by atoms with Crippen LogP contribution in [0.4, 0.5) is 0 Å². The zero-order valence-electron chi connectivity index (χ0n) is 13.5. The van der Waals surface area contributed by atoms with Gasteiger partial charge in [-0.05, 0) is 35.0 Å². The van der Waals surface area contributed by atoms with E-state index in [9.17, 15) is 9.59 Å². The first-order chi connectivity index (χ1) is 12.2. The number of carbonyl (C=O) groups is 2. The number of nitrogens with one attached hydrogen (secondary N) is 1. The van der Waals surface area contributed by atoms with E-state index in [-0.39, 0.29) is 18.2 Å². The Morgan fingerprint density at radius 1 is 1.04 bits per heavy atom. The van der Waals surface area contributed by atoms with Gasteiger partial charge in [0.1, 0.15) is 5.76 Å². The highest BCUT2D eigenvalue weighted by atomic mass is 32.1. The Balaban J connectivity index is 1.55. The van der Waals surface area contributed by atoms with Crippen molar-refractivity contribution in [1.29, 1.82) is 0 Å². The summed E-state index contributed by atoms with van der Waals surface area (Å²) in [5.41, 5.74) is 0. The minimum absolute atomic E-state index is 0.0173. The van der Waals surface area contributed by atoms with Gasteiger partial charge >= 0.3 is 0 Å². The van der Waals surface area contributed by atoms with Crippen molar-refractivity contribution in [3.8, 4) is 0 Å². The second kappa shape index (κ2) is 8.64. The summed E-state index contributed by atoms with van der Waals surface area (Å²) in [7, 11) is 0. The van der Waals surface area contributed by atoms with Gasteiger partial charge in [0.15, 0.2) is 0 Å². The number of carbonyl (C=O) groups excluding carboxylic acids is 2. The van der Waals surface area contributed by atoms with Crippen LogP contribution in [0.5, 0.6) is 0 Å². The molecule has 0 spiro atoms. The quantitative estimate of drug-likeness (QED) is 0.653. The van der Waals surface area contributed by atoms with Crippen LogP contribution in [0.25, 0.3) is 0 Å². The highest BCUT2D eigenvalue weighted by Gasteiger charge is 2.17. The number of hydrogen-bond acceptors (Lipinski definition) is 5. The summed E-state index contributed by atoms with van der Waals surface area (Å²) in [6.07, 6.45) is 1.85. The Labute approximate surface area is 153 Å². The molecule has 0 radical (unpaired) electrons. The van der Waals surface area contributed by atoms with Crippen molar-refractivity contribution in [2.24, 2.45) is 0 Å². The first-order valence-electron chi connectivity index (χ1n) is 7.86. The Kier molecular flexibility index (Phi) is 6.03. The number of hydrogen-bond donors (Lipinski definition) is 1. The lowest BCUT2D eigenvalue weighted by Gasteiger charge is -2.21. The second-order valence-corrected chi connectivity index (χ2v) is 7.37. The Hall–Kier alpha value is -2.38. The van der Waals surface area contributed by atoms with E-state index in [1.165, 1.54) is 11.3 Å². The molecule has 5 nitrogen and oxygen atoms in total. The lowest BCUT2D eigenvalue weighted by Crippen LogP contribution is -2.33. The maximum absolute atomic E-state index is 12.6. The first-order valence-corrected chi connectivity index (χ1v) is 9.62. The predicted molar refractivity (Wildman–Crippen MR) is 98.6 cm³/mol. The lowest BCUT2D eigenvalue weighted by atomic mass is 10.3. The standard InChI is InChI=1S/C18H18N2O3S2/c21-17(7-8-19-18(22)16-6-3-11-25-16)20(12-14-4-1-9-23-14)13-15-5-2-10-24-15/h1-6,9-11H,7-8,12-13H2,(H,19,22). The zero-order chi connectivity index (χ0) is 17.5. The maximum atomic E-state index is 12.6. The molecule has 3 aromatic rings. The van der Waals surface area contributed by atoms with Crippen molar-refractivity contribution in [2.75, 3.05) is 6.54 Å². The van der Waals surface area contributed by atoms with Crippen molar-refractivity contribution in [2.45, 2.75) is 19.5 Å². The summed E-state index contributed by atoms with van der Waals surface area (Å²) < 4.78 is 5.37. The fourth-order valence-corrected chi connectivity index (χ4v) is 3.71. The summed E-state index contributed by atoms with van der Waals surface area (Å²) in [5.74, 6) is 0.586. The molecule has 3 aromatic heterocycles. The molecular weight excluding hydrogens is 356 g/mol. The SMILES string of the molecule is O=C(NCCC(=O)N(Cc1ccco1)Cc1cccs1)c1cccs1. The van der Waals surface area contributed by atoms with E-state index < -0.39 is 0 Å². The van der Waals surface area contributed by atoms with Gasteiger partial charge in [0.25, 0.3) is 5.91 Å². The van der Waals surface area contributed by atoms with Crippen LogP contribution in [0.3, 0.4) is 0 Å². The molecule has 0 aliphatic carbocycles. The van der Waals surface area contributed by atoms with Crippen LogP contribution in [0.2, 0.25) is 0 Å². The molecule has 7 heteroatoms. The van der Waals surface area contributed by atoms with E-state index in [0.717, 1.165) is 10.6 Å². The highest BCUT2D eigenvalue weighted by molar-refractivity contribution is 7.12. The van der Waals surface area contributed by atoms with E-state index in [4.69, 9.17) is 4.42 Å². The second-order valence-electron chi connectivity index (χ2n) is 5.39. The average Bonchev–Trinajstić information content (AvgIpc) is 3.37. The molecule has 1 N–H and O–H groups in total. The van der Waals surface area contributed by atoms with Gasteiger partial charge in [-0.15, -0.1) is 22.7 Å². The van der Waals surface area contributed by atoms with Gasteiger partial charge in [0, 0.05) is 17.8 Å². The zero-order valence-corrected chi connectivity index (χ0v) is 15.1. The highest BCUT2D eigenvalue weighted by Crippen LogP contribution is 2.16. The van der Waals surface area contributed by atoms with Crippen molar-refractivity contribution >= 4 is 34.5 Å². The van der Waals surface area contributed by atoms with Crippen molar-refractivity contribution in [1.82, 2.24) is 10.2 Å². The third-order valence-electron chi connectivity index (χ3n) is 3.58. The minimum atomic E-state index is -0.140. The van der Waals surface area contributed by atoms with Gasteiger partial charge in [0.2, 0.25) is 5.91 Å². The molecule has 3 heterocycles. The largest absolute Gasteiger partial charge is 0.467 e. The molecule has 0 aliphatic heterocycles. The van der Waals surface area contributed by atoms with Gasteiger partial charge < -0.3 is 14.6 Å². The molecule has 3 rings (SSSR count). The van der Waals surface area contributed by atoms with Crippen molar-refractivity contribution < 1.29 is 14.0 Å². The molecule has 0 aliphatic rings. The van der Waals surface area contributed by atoms with Crippen LogP contribution in [0.15, 0.2) is 57.8 Å². The molecule has 0 saturated carbocycles. The summed E-state index contributed by atoms with van der Waals surface area (Å²) in [5, 5.41) is 6.64. The van der Waals surface area contributed by atoms with Crippen LogP contribution >= 0.6 is 22.7 Å². The first kappa shape index (κ1) is 17.4. The minimum Gasteiger partial charge on any atom is -0.467 e. The third kappa shape index (κ3) is 5.04. The van der Waals surface area contributed by atoms with Gasteiger partial charge in [-0.1, -0.05) is 12.1 Å². The Morgan fingerprint density at radius 2 is 1.88 bits per heavy atom. The van der Waals surface area contributed by atoms with Crippen LogP contribution in [-0.2, 0) is 17.9 Å². The van der Waals surface area contributed by atoms with E-state index >= 15 is 0 Å². The predicted octanol–water partition coefficient (Wildman–Crippen LogP) is 3.75. The summed E-state index contributed by atoms with van der Waals surface area (Å²) in [6, 6.07) is 11.2. The van der Waals surface area contributed by atoms with E-state index in [2.05, 4.69) is 5.32 Å². The normalized spacial score (nSPS) is 10.6. The number of rotatable bonds is 8. The fourth-order valence-electron chi connectivity index (χ4n) is 2.35. The van der Waals surface area contributed by atoms with Crippen molar-refractivity contribution in [3.63, 3.8) is 0 Å². The summed E-state index contributed by atoms with van der Waals surface area (Å²) in [4.78, 5) is 28.1. The molecule has 2 amide bonds. The molecule has 0 bridgehead atoms. The van der Waals surface area contributed by atoms with Gasteiger partial charge in [-0.2, -0.15) is 0 Å². The fraction of sp³-hybridized carbons (Fsp3) is 0.222. The molecule has 25 heavy (non-hydrogen) atoms. The third-order valence-corrected chi connectivity index (χ3v) is 5.31. The monoisotopic (exact) mass is 374 g/mol. The average molecular weight is 374 g/mol. The molecule has 130 valence electrons. The summed E-state index contributed by atoms with van der Waals surface area (Å²) in [6.45, 7) is 1.27. The smallest absolute Gasteiger partial charge is 0.261 e. The molecule has 0 aromatic carbocycles. The van der Waals surface area contributed by atoms with Gasteiger partial charge in [-0.25, -0.2) is 0 Å². The van der Waals surface area contributed by atoms with Crippen LogP contribution < -0.4 is 5.32 Å². The lowest BCUT2D eigenvalue weighted by molar-refractivity contribution is -0.132. The van der Waals surface area contributed by atoms with E-state index in [0.29, 0.717) is 24.5 Å². The number of amides is 2. The molecule has 0 saturated heterocycles. The molecule has 0 unspecified atom stereocenters. The molecule has 0 fully saturated rings. The van der Waals surface area contributed by atoms with Crippen LogP contribution in [0, 0.1) is 0 Å². The van der Waals surface area contributed by atoms with E-state index in [1.54, 1.807) is 28.6 Å². The topological polar surface area (TPSA) is 62.6 Å². The molecular formula is C18H18N2O3S2. The number of nitrogens with zero attached hydrogens (tertiary/aromatic N) is 1. The number of furan rings is 1. The van der Waals surface area contributed by atoms with Crippen LogP contribution in [0.1, 0.15) is 26.7 Å². The maximum Gasteiger partial charge on any atom is 0.261 e. The number of thiophene rings is 2. The summed E-state index contributed by atoms with van der Waals surface area (Å²) >= 11 is 3.00. The van der Waals surface area contributed by atoms with Crippen LogP contribution in [-0.4, -0.2) is 23.3 Å². The Bertz CT molecular complexity index is 744. The van der Waals surface area contributed by atoms with E-state index in [1.807, 2.05) is 41.1 Å². The van der Waals surface area contributed by atoms with Gasteiger partial charge in [0.05, 0.1) is 24.2 Å².